The van der Waals surface area contributed by atoms with E-state index in [0.29, 0.717) is 0 Å². The number of hydrogen-bond acceptors (Lipinski definition) is 0. The van der Waals surface area contributed by atoms with Crippen LogP contribution in [0.25, 0.3) is 0 Å². The quantitative estimate of drug-likeness (QED) is 0.0628. The minimum atomic E-state index is -7.22. The van der Waals surface area contributed by atoms with E-state index in [1.807, 2.05) is 0 Å². The average molecular weight is 1090 g/mol. The molecule has 2 aliphatic rings. The molecular weight excluding hydrogens is 1060 g/mol. The number of rotatable bonds is 4. The van der Waals surface area contributed by atoms with Crippen molar-refractivity contribution in [2.45, 2.75) is 69.2 Å². The van der Waals surface area contributed by atoms with Gasteiger partial charge in [-0.1, -0.05) is 66.2 Å². The van der Waals surface area contributed by atoms with Gasteiger partial charge in [-0.3, -0.25) is 12.2 Å². The second-order valence-corrected chi connectivity index (χ2v) is 16.1. The van der Waals surface area contributed by atoms with Gasteiger partial charge in [0.2, 0.25) is 0 Å². The monoisotopic (exact) mass is 1090 g/mol. The molecule has 0 N–H and O–H groups in total. The summed E-state index contributed by atoms with van der Waals surface area (Å²) >= 11 is 0. The van der Waals surface area contributed by atoms with Crippen LogP contribution in [0.15, 0.2) is 33.4 Å². The molecule has 0 amide bonds. The van der Waals surface area contributed by atoms with Crippen molar-refractivity contribution in [2.24, 2.45) is 10.8 Å². The summed E-state index contributed by atoms with van der Waals surface area (Å²) in [5.74, 6) is -71.4. The first-order valence-electron chi connectivity index (χ1n) is 18.4. The Hall–Kier alpha value is -4.12. The fraction of sp³-hybridized carbons (Fsp3) is 0.273. The van der Waals surface area contributed by atoms with Gasteiger partial charge in [-0.15, -0.1) is 35.7 Å². The zero-order valence-electron chi connectivity index (χ0n) is 35.6. The third kappa shape index (κ3) is 8.77. The Bertz CT molecular complexity index is 2390. The number of benzene rings is 4. The van der Waals surface area contributed by atoms with Crippen LogP contribution in [0.5, 0.6) is 0 Å². The Kier molecular flexibility index (Phi) is 16.6. The van der Waals surface area contributed by atoms with Gasteiger partial charge < -0.3 is 0 Å². The van der Waals surface area contributed by atoms with Crippen LogP contribution in [0, 0.1) is 181 Å². The molecule has 4 aromatic rings. The predicted octanol–water partition coefficient (Wildman–Crippen LogP) is 12.1. The molecule has 353 valence electrons. The van der Waals surface area contributed by atoms with Crippen LogP contribution in [0.2, 0.25) is 0 Å². The van der Waals surface area contributed by atoms with E-state index in [9.17, 15) is 52.7 Å². The van der Waals surface area contributed by atoms with Crippen LogP contribution in [-0.2, 0) is 0 Å². The van der Waals surface area contributed by atoms with Gasteiger partial charge in [-0.05, 0) is 0 Å². The summed E-state index contributed by atoms with van der Waals surface area (Å²) in [6, 6.07) is 0. The fourth-order valence-electron chi connectivity index (χ4n) is 7.69. The SMILES string of the molecule is CC1=[C-]C(C)(C)C(C)=C1C.CC1=[C-]C(C)(C)C(C)=C1C.Fc1c(F)c(F)c([B-](c2c(F)c(F)c(F)c(F)c2F)(c2c(F)c(F)c(F)c(F)c2F)c2c(F)c(F)c(F)c(F)c2F)c(F)c1F.[Ce+3]. The van der Waals surface area contributed by atoms with Crippen molar-refractivity contribution in [2.75, 3.05) is 0 Å². The van der Waals surface area contributed by atoms with E-state index in [-0.39, 0.29) is 52.6 Å². The van der Waals surface area contributed by atoms with Crippen molar-refractivity contribution < 1.29 is 130 Å². The second kappa shape index (κ2) is 19.5. The molecule has 1 radical (unpaired) electrons. The van der Waals surface area contributed by atoms with Gasteiger partial charge in [0.15, 0.2) is 69.8 Å². The second-order valence-electron chi connectivity index (χ2n) is 16.1. The maximum atomic E-state index is 15.4. The Morgan fingerprint density at radius 3 is 0.500 bits per heavy atom. The Labute approximate surface area is 397 Å². The molecule has 0 aliphatic heterocycles. The van der Waals surface area contributed by atoms with E-state index in [1.54, 1.807) is 0 Å². The summed E-state index contributed by atoms with van der Waals surface area (Å²) in [4.78, 5) is 0. The minimum absolute atomic E-state index is 0. The summed E-state index contributed by atoms with van der Waals surface area (Å²) in [6.07, 6.45) is -0.347. The molecule has 0 saturated carbocycles. The fourth-order valence-corrected chi connectivity index (χ4v) is 7.69. The number of halogens is 20. The Morgan fingerprint density at radius 2 is 0.409 bits per heavy atom. The number of hydrogen-bond donors (Lipinski definition) is 0. The molecule has 0 nitrogen and oxygen atoms in total. The minimum Gasteiger partial charge on any atom is -0.263 e. The normalized spacial score (nSPS) is 15.3. The zero-order valence-corrected chi connectivity index (χ0v) is 38.8. The van der Waals surface area contributed by atoms with Crippen LogP contribution < -0.4 is 21.9 Å². The van der Waals surface area contributed by atoms with Gasteiger partial charge in [0.25, 0.3) is 0 Å². The Balaban J connectivity index is 0.000000449. The first-order valence-corrected chi connectivity index (χ1v) is 18.4. The van der Waals surface area contributed by atoms with Crippen molar-refractivity contribution in [3.05, 3.63) is 162 Å². The van der Waals surface area contributed by atoms with Crippen molar-refractivity contribution in [3.8, 4) is 0 Å². The molecule has 0 heterocycles. The van der Waals surface area contributed by atoms with E-state index in [2.05, 4.69) is 81.4 Å². The van der Waals surface area contributed by atoms with E-state index in [4.69, 9.17) is 0 Å². The van der Waals surface area contributed by atoms with Gasteiger partial charge in [-0.2, -0.15) is 22.3 Å². The topological polar surface area (TPSA) is 0 Å². The van der Waals surface area contributed by atoms with Gasteiger partial charge in [-0.25, -0.2) is 99.0 Å². The van der Waals surface area contributed by atoms with Crippen LogP contribution >= 0.6 is 0 Å². The average Bonchev–Trinajstić information content (AvgIpc) is 3.54. The summed E-state index contributed by atoms with van der Waals surface area (Å²) in [7, 11) is 0. The molecule has 0 bridgehead atoms. The predicted molar refractivity (Wildman–Crippen MR) is 198 cm³/mol. The molecule has 0 atom stereocenters. The molecule has 6 rings (SSSR count). The van der Waals surface area contributed by atoms with E-state index >= 15 is 35.1 Å². The van der Waals surface area contributed by atoms with E-state index in [1.165, 1.54) is 33.4 Å². The van der Waals surface area contributed by atoms with Crippen molar-refractivity contribution in [1.82, 2.24) is 0 Å². The van der Waals surface area contributed by atoms with Crippen molar-refractivity contribution in [1.29, 1.82) is 0 Å². The smallest absolute Gasteiger partial charge is 0.263 e. The molecule has 0 unspecified atom stereocenters. The molecular formula is C44H30BCeF20. The van der Waals surface area contributed by atoms with Gasteiger partial charge >= 0.3 is 41.7 Å². The molecule has 4 aromatic carbocycles. The molecule has 22 heteroatoms. The zero-order chi connectivity index (χ0) is 50.2. The third-order valence-corrected chi connectivity index (χ3v) is 11.8. The van der Waals surface area contributed by atoms with E-state index in [0.717, 1.165) is 0 Å². The summed E-state index contributed by atoms with van der Waals surface area (Å²) in [5, 5.41) is 0. The summed E-state index contributed by atoms with van der Waals surface area (Å²) in [6.45, 7) is 21.8. The largest absolute Gasteiger partial charge is 3.00 e. The molecule has 0 fully saturated rings. The molecule has 66 heavy (non-hydrogen) atoms. The first-order chi connectivity index (χ1) is 29.6. The van der Waals surface area contributed by atoms with Crippen molar-refractivity contribution >= 4 is 28.0 Å². The number of allylic oxidation sites excluding steroid dienone is 8. The van der Waals surface area contributed by atoms with Gasteiger partial charge in [0, 0.05) is 0 Å². The van der Waals surface area contributed by atoms with Gasteiger partial charge in [0.05, 0.1) is 0 Å². The van der Waals surface area contributed by atoms with Crippen LogP contribution in [-0.4, -0.2) is 6.15 Å². The summed E-state index contributed by atoms with van der Waals surface area (Å²) in [5.41, 5.74) is -5.54. The molecule has 0 spiro atoms. The third-order valence-electron chi connectivity index (χ3n) is 11.8. The Morgan fingerprint density at radius 1 is 0.273 bits per heavy atom. The van der Waals surface area contributed by atoms with Crippen LogP contribution in [0.4, 0.5) is 87.8 Å². The van der Waals surface area contributed by atoms with Crippen molar-refractivity contribution in [3.63, 3.8) is 0 Å². The maximum absolute atomic E-state index is 15.4. The molecule has 2 aliphatic carbocycles. The molecule has 0 aromatic heterocycles. The van der Waals surface area contributed by atoms with Crippen LogP contribution in [0.3, 0.4) is 0 Å². The molecule has 0 saturated heterocycles. The summed E-state index contributed by atoms with van der Waals surface area (Å²) < 4.78 is 294. The standard InChI is InChI=1S/C24BF20.2C10H15.Ce/c26-5-1(6(27)14(35)21(42)13(5)34)25(2-7(28)15(36)22(43)16(37)8(2)29,3-9(30)17(38)23(44)18(39)10(3)31)4-11(32)19(40)24(45)20(41)12(4)33;2*1-7-6-10(4,5)9(3)8(7)2;/h;2*1-5H3;/q3*-1;+3. The van der Waals surface area contributed by atoms with Gasteiger partial charge in [0.1, 0.15) is 52.7 Å². The van der Waals surface area contributed by atoms with E-state index < -0.39 is 144 Å². The maximum Gasteiger partial charge on any atom is 3.00 e. The van der Waals surface area contributed by atoms with Crippen LogP contribution in [0.1, 0.15) is 69.2 Å². The first kappa shape index (κ1) is 56.2.